The van der Waals surface area contributed by atoms with Crippen molar-refractivity contribution in [1.29, 1.82) is 0 Å². The van der Waals surface area contributed by atoms with Gasteiger partial charge in [0.25, 0.3) is 0 Å². The van der Waals surface area contributed by atoms with Gasteiger partial charge < -0.3 is 34.3 Å². The standard InChI is InChI=1S/C13H24O7/c1-3-4-18-6-12(16)7-19-10-13(9-17-2)20-8-11(15)5-14/h11-16H,5-10H2,1-2H3. The normalized spacial score (nSPS) is 15.1. The second kappa shape index (κ2) is 13.1. The molecule has 0 aromatic rings. The van der Waals surface area contributed by atoms with Gasteiger partial charge in [-0.1, -0.05) is 5.92 Å². The largest absolute Gasteiger partial charge is 0.444 e. The molecule has 0 aliphatic rings. The number of aliphatic hydroxyl groups excluding tert-OH is 3. The van der Waals surface area contributed by atoms with Crippen molar-refractivity contribution in [3.05, 3.63) is 0 Å². The highest BCUT2D eigenvalue weighted by molar-refractivity contribution is 4.85. The first kappa shape index (κ1) is 19.1. The minimum Gasteiger partial charge on any atom is -0.444 e. The first-order chi connectivity index (χ1) is 9.63. The van der Waals surface area contributed by atoms with Gasteiger partial charge in [0.05, 0.1) is 33.0 Å². The molecule has 0 aliphatic carbocycles. The Morgan fingerprint density at radius 3 is 2.35 bits per heavy atom. The Balaban J connectivity index is 3.80. The third kappa shape index (κ3) is 11.0. The van der Waals surface area contributed by atoms with Crippen LogP contribution in [-0.2, 0) is 18.9 Å². The van der Waals surface area contributed by atoms with E-state index in [1.165, 1.54) is 7.11 Å². The van der Waals surface area contributed by atoms with Crippen LogP contribution in [0.25, 0.3) is 0 Å². The molecular formula is C13H24O7. The molecule has 7 heteroatoms. The first-order valence-electron chi connectivity index (χ1n) is 6.32. The number of rotatable bonds is 12. The van der Waals surface area contributed by atoms with Crippen LogP contribution in [0.15, 0.2) is 0 Å². The van der Waals surface area contributed by atoms with Gasteiger partial charge in [-0.05, 0) is 0 Å². The van der Waals surface area contributed by atoms with Crippen molar-refractivity contribution in [1.82, 2.24) is 0 Å². The average molecular weight is 292 g/mol. The number of methoxy groups -OCH3 is 1. The van der Waals surface area contributed by atoms with Crippen molar-refractivity contribution in [3.8, 4) is 12.0 Å². The van der Waals surface area contributed by atoms with Crippen LogP contribution >= 0.6 is 0 Å². The number of aliphatic hydroxyl groups is 3. The van der Waals surface area contributed by atoms with Crippen LogP contribution in [0.3, 0.4) is 0 Å². The molecular weight excluding hydrogens is 268 g/mol. The molecule has 3 N–H and O–H groups in total. The van der Waals surface area contributed by atoms with Crippen molar-refractivity contribution in [3.63, 3.8) is 0 Å². The lowest BCUT2D eigenvalue weighted by Crippen LogP contribution is -2.32. The van der Waals surface area contributed by atoms with E-state index in [2.05, 4.69) is 12.0 Å². The van der Waals surface area contributed by atoms with Crippen LogP contribution in [0.1, 0.15) is 6.92 Å². The fourth-order valence-electron chi connectivity index (χ4n) is 1.22. The predicted molar refractivity (Wildman–Crippen MR) is 70.9 cm³/mol. The van der Waals surface area contributed by atoms with Crippen LogP contribution in [0.4, 0.5) is 0 Å². The molecule has 0 rings (SSSR count). The molecule has 3 atom stereocenters. The molecule has 118 valence electrons. The average Bonchev–Trinajstić information content (AvgIpc) is 2.44. The van der Waals surface area contributed by atoms with Crippen LogP contribution in [-0.4, -0.2) is 80.4 Å². The summed E-state index contributed by atoms with van der Waals surface area (Å²) in [5, 5.41) is 27.4. The maximum absolute atomic E-state index is 9.51. The molecule has 0 heterocycles. The molecule has 0 aliphatic heterocycles. The van der Waals surface area contributed by atoms with Gasteiger partial charge in [0, 0.05) is 14.0 Å². The molecule has 0 saturated carbocycles. The monoisotopic (exact) mass is 292 g/mol. The molecule has 3 unspecified atom stereocenters. The topological polar surface area (TPSA) is 97.6 Å². The van der Waals surface area contributed by atoms with Gasteiger partial charge in [-0.2, -0.15) is 0 Å². The van der Waals surface area contributed by atoms with Crippen molar-refractivity contribution in [2.24, 2.45) is 0 Å². The molecule has 0 aromatic heterocycles. The van der Waals surface area contributed by atoms with Crippen molar-refractivity contribution >= 4 is 0 Å². The molecule has 0 amide bonds. The summed E-state index contributed by atoms with van der Waals surface area (Å²) >= 11 is 0. The van der Waals surface area contributed by atoms with Gasteiger partial charge in [-0.15, -0.1) is 0 Å². The minimum atomic E-state index is -0.930. The van der Waals surface area contributed by atoms with Crippen LogP contribution in [0.2, 0.25) is 0 Å². The number of ether oxygens (including phenoxy) is 4. The number of hydrogen-bond donors (Lipinski definition) is 3. The maximum Gasteiger partial charge on any atom is 0.128 e. The van der Waals surface area contributed by atoms with Gasteiger partial charge in [0.1, 0.15) is 31.0 Å². The Morgan fingerprint density at radius 2 is 1.75 bits per heavy atom. The number of hydrogen-bond acceptors (Lipinski definition) is 7. The van der Waals surface area contributed by atoms with Crippen LogP contribution in [0.5, 0.6) is 0 Å². The zero-order valence-electron chi connectivity index (χ0n) is 11.9. The summed E-state index contributed by atoms with van der Waals surface area (Å²) < 4.78 is 20.4. The molecule has 0 saturated heterocycles. The zero-order chi connectivity index (χ0) is 15.2. The van der Waals surface area contributed by atoms with Crippen molar-refractivity contribution in [2.75, 3.05) is 46.8 Å². The van der Waals surface area contributed by atoms with E-state index >= 15 is 0 Å². The Morgan fingerprint density at radius 1 is 1.00 bits per heavy atom. The molecule has 20 heavy (non-hydrogen) atoms. The molecule has 0 bridgehead atoms. The van der Waals surface area contributed by atoms with Gasteiger partial charge in [-0.3, -0.25) is 0 Å². The fraction of sp³-hybridized carbons (Fsp3) is 0.846. The van der Waals surface area contributed by atoms with Gasteiger partial charge >= 0.3 is 0 Å². The Labute approximate surface area is 119 Å². The van der Waals surface area contributed by atoms with E-state index in [-0.39, 0.29) is 45.7 Å². The van der Waals surface area contributed by atoms with Crippen LogP contribution < -0.4 is 0 Å². The highest BCUT2D eigenvalue weighted by Crippen LogP contribution is 1.98. The molecule has 7 nitrogen and oxygen atoms in total. The Kier molecular flexibility index (Phi) is 12.5. The van der Waals surface area contributed by atoms with Gasteiger partial charge in [0.15, 0.2) is 0 Å². The summed E-state index contributed by atoms with van der Waals surface area (Å²) in [5.74, 6) is 2.54. The minimum absolute atomic E-state index is 0.00829. The first-order valence-corrected chi connectivity index (χ1v) is 6.32. The quantitative estimate of drug-likeness (QED) is 0.386. The summed E-state index contributed by atoms with van der Waals surface area (Å²) in [7, 11) is 1.52. The SMILES string of the molecule is CC#COCC(O)COCC(COC)OCC(O)CO. The van der Waals surface area contributed by atoms with E-state index in [0.717, 1.165) is 0 Å². The third-order valence-corrected chi connectivity index (χ3v) is 2.15. The van der Waals surface area contributed by atoms with Crippen molar-refractivity contribution in [2.45, 2.75) is 25.2 Å². The lowest BCUT2D eigenvalue weighted by Gasteiger charge is -2.19. The van der Waals surface area contributed by atoms with E-state index in [1.54, 1.807) is 6.92 Å². The predicted octanol–water partition coefficient (Wildman–Crippen LogP) is -1.25. The van der Waals surface area contributed by atoms with E-state index in [9.17, 15) is 10.2 Å². The summed E-state index contributed by atoms with van der Waals surface area (Å²) in [6, 6.07) is 0. The Hall–Kier alpha value is -0.880. The third-order valence-electron chi connectivity index (χ3n) is 2.15. The van der Waals surface area contributed by atoms with Crippen molar-refractivity contribution < 1.29 is 34.3 Å². The van der Waals surface area contributed by atoms with E-state index in [1.807, 2.05) is 0 Å². The molecule has 0 spiro atoms. The zero-order valence-corrected chi connectivity index (χ0v) is 11.9. The molecule has 0 radical (unpaired) electrons. The summed E-state index contributed by atoms with van der Waals surface area (Å²) in [6.07, 6.45) is 0.286. The van der Waals surface area contributed by atoms with Gasteiger partial charge in [-0.25, -0.2) is 0 Å². The Bertz CT molecular complexity index is 274. The highest BCUT2D eigenvalue weighted by Gasteiger charge is 2.13. The lowest BCUT2D eigenvalue weighted by atomic mass is 10.3. The highest BCUT2D eigenvalue weighted by atomic mass is 16.6. The van der Waals surface area contributed by atoms with Crippen LogP contribution in [0, 0.1) is 12.0 Å². The molecule has 0 aromatic carbocycles. The fourth-order valence-corrected chi connectivity index (χ4v) is 1.22. The summed E-state index contributed by atoms with van der Waals surface area (Å²) in [5.41, 5.74) is 0. The van der Waals surface area contributed by atoms with Gasteiger partial charge in [0.2, 0.25) is 0 Å². The van der Waals surface area contributed by atoms with E-state index < -0.39 is 12.2 Å². The second-order valence-corrected chi connectivity index (χ2v) is 4.10. The maximum atomic E-state index is 9.51. The van der Waals surface area contributed by atoms with E-state index in [4.69, 9.17) is 24.1 Å². The second-order valence-electron chi connectivity index (χ2n) is 4.10. The van der Waals surface area contributed by atoms with E-state index in [0.29, 0.717) is 0 Å². The molecule has 0 fully saturated rings. The summed E-state index contributed by atoms with van der Waals surface area (Å²) in [4.78, 5) is 0. The summed E-state index contributed by atoms with van der Waals surface area (Å²) in [6.45, 7) is 1.89. The lowest BCUT2D eigenvalue weighted by molar-refractivity contribution is -0.0924. The smallest absolute Gasteiger partial charge is 0.128 e.